The smallest absolute Gasteiger partial charge is 0.335 e. The predicted octanol–water partition coefficient (Wildman–Crippen LogP) is 3.64. The van der Waals surface area contributed by atoms with E-state index < -0.39 is 24.1 Å². The van der Waals surface area contributed by atoms with Gasteiger partial charge in [-0.15, -0.1) is 0 Å². The molecule has 2 atom stereocenters. The van der Waals surface area contributed by atoms with Crippen LogP contribution >= 0.6 is 11.6 Å². The van der Waals surface area contributed by atoms with Crippen LogP contribution in [0.3, 0.4) is 0 Å². The number of anilines is 1. The van der Waals surface area contributed by atoms with Crippen molar-refractivity contribution in [3.8, 4) is 0 Å². The lowest BCUT2D eigenvalue weighted by atomic mass is 9.85. The third-order valence-corrected chi connectivity index (χ3v) is 7.34. The van der Waals surface area contributed by atoms with Crippen molar-refractivity contribution in [3.63, 3.8) is 0 Å². The predicted molar refractivity (Wildman–Crippen MR) is 143 cm³/mol. The highest BCUT2D eigenvalue weighted by Crippen LogP contribution is 2.31. The second-order valence-corrected chi connectivity index (χ2v) is 10.2. The monoisotopic (exact) mass is 532 g/mol. The third kappa shape index (κ3) is 8.71. The van der Waals surface area contributed by atoms with Crippen molar-refractivity contribution < 1.29 is 30.0 Å². The summed E-state index contributed by atoms with van der Waals surface area (Å²) in [5.74, 6) is -2.64. The molecule has 1 aliphatic heterocycles. The number of benzene rings is 2. The topological polar surface area (TPSA) is 139 Å². The summed E-state index contributed by atoms with van der Waals surface area (Å²) in [6, 6.07) is 13.4. The molecule has 2 aromatic rings. The molecule has 9 heteroatoms. The molecule has 2 aromatic carbocycles. The van der Waals surface area contributed by atoms with E-state index in [2.05, 4.69) is 41.0 Å². The highest BCUT2D eigenvalue weighted by molar-refractivity contribution is 6.33. The minimum absolute atomic E-state index is 0.827. The largest absolute Gasteiger partial charge is 0.479 e. The summed E-state index contributed by atoms with van der Waals surface area (Å²) < 4.78 is 0. The van der Waals surface area contributed by atoms with Crippen LogP contribution in [-0.4, -0.2) is 57.7 Å². The van der Waals surface area contributed by atoms with Crippen LogP contribution in [0.1, 0.15) is 54.4 Å². The van der Waals surface area contributed by atoms with E-state index in [9.17, 15) is 9.59 Å². The highest BCUT2D eigenvalue weighted by Gasteiger charge is 2.29. The number of halogens is 1. The van der Waals surface area contributed by atoms with Crippen molar-refractivity contribution in [3.05, 3.63) is 63.7 Å². The number of carboxylic acids is 2. The van der Waals surface area contributed by atoms with Crippen molar-refractivity contribution >= 4 is 29.2 Å². The van der Waals surface area contributed by atoms with E-state index in [0.29, 0.717) is 0 Å². The van der Waals surface area contributed by atoms with Crippen LogP contribution in [0.4, 0.5) is 5.69 Å². The van der Waals surface area contributed by atoms with Gasteiger partial charge in [0.25, 0.3) is 0 Å². The van der Waals surface area contributed by atoms with E-state index in [-0.39, 0.29) is 0 Å². The van der Waals surface area contributed by atoms with Crippen molar-refractivity contribution in [2.24, 2.45) is 5.92 Å². The normalized spacial score (nSPS) is 17.4. The molecule has 1 saturated carbocycles. The average molecular weight is 533 g/mol. The zero-order valence-corrected chi connectivity index (χ0v) is 21.7. The fourth-order valence-electron chi connectivity index (χ4n) is 4.91. The maximum atomic E-state index is 9.77. The Morgan fingerprint density at radius 1 is 0.892 bits per heavy atom. The molecule has 4 rings (SSSR count). The number of aliphatic hydroxyl groups excluding tert-OH is 2. The lowest BCUT2D eigenvalue weighted by molar-refractivity contribution is -0.165. The van der Waals surface area contributed by atoms with Gasteiger partial charge in [0.1, 0.15) is 0 Å². The standard InChI is InChI=1S/C24H31ClN2.C4H6O6/c25-23-11-10-21-12-14-26-15-13-22(21)24(23)27-17-20-8-6-19(7-9-20)16-18-4-2-1-3-5-18;5-1(3(7)8)2(6)4(9)10/h6-11,18,26-27H,1-5,12-17H2;1-2,5-6H,(H,7,8)(H,9,10)/t;1-,2-/m.1/s1. The molecule has 2 aliphatic rings. The number of carboxylic acid groups (broad SMARTS) is 2. The van der Waals surface area contributed by atoms with E-state index in [1.54, 1.807) is 0 Å². The molecule has 0 unspecified atom stereocenters. The van der Waals surface area contributed by atoms with E-state index in [1.807, 2.05) is 6.07 Å². The van der Waals surface area contributed by atoms with Crippen LogP contribution in [0.15, 0.2) is 36.4 Å². The van der Waals surface area contributed by atoms with Crippen LogP contribution in [0, 0.1) is 5.92 Å². The maximum Gasteiger partial charge on any atom is 0.335 e. The quantitative estimate of drug-likeness (QED) is 0.303. The first kappa shape index (κ1) is 28.9. The fourth-order valence-corrected chi connectivity index (χ4v) is 5.16. The van der Waals surface area contributed by atoms with Crippen molar-refractivity contribution in [1.29, 1.82) is 0 Å². The molecule has 1 fully saturated rings. The van der Waals surface area contributed by atoms with Crippen LogP contribution < -0.4 is 10.6 Å². The van der Waals surface area contributed by atoms with Gasteiger partial charge in [-0.2, -0.15) is 0 Å². The number of fused-ring (bicyclic) bond motifs is 1. The molecule has 0 bridgehead atoms. The Kier molecular flexibility index (Phi) is 11.2. The van der Waals surface area contributed by atoms with E-state index in [0.717, 1.165) is 49.1 Å². The summed E-state index contributed by atoms with van der Waals surface area (Å²) in [4.78, 5) is 19.5. The Bertz CT molecular complexity index is 1020. The SMILES string of the molecule is Clc1ccc2c(c1NCc1ccc(CC3CCCCC3)cc1)CCNCC2.O=C(O)[C@H](O)[C@@H](O)C(=O)O. The lowest BCUT2D eigenvalue weighted by Crippen LogP contribution is -2.39. The highest BCUT2D eigenvalue weighted by atomic mass is 35.5. The van der Waals surface area contributed by atoms with Gasteiger partial charge in [-0.05, 0) is 66.6 Å². The van der Waals surface area contributed by atoms with Gasteiger partial charge in [-0.25, -0.2) is 9.59 Å². The first-order valence-electron chi connectivity index (χ1n) is 12.9. The van der Waals surface area contributed by atoms with Gasteiger partial charge in [-0.3, -0.25) is 0 Å². The summed E-state index contributed by atoms with van der Waals surface area (Å²) in [7, 11) is 0. The van der Waals surface area contributed by atoms with Crippen LogP contribution in [-0.2, 0) is 35.4 Å². The molecule has 0 saturated heterocycles. The summed E-state index contributed by atoms with van der Waals surface area (Å²) in [5.41, 5.74) is 6.76. The molecule has 37 heavy (non-hydrogen) atoms. The van der Waals surface area contributed by atoms with E-state index >= 15 is 0 Å². The molecule has 0 aromatic heterocycles. The van der Waals surface area contributed by atoms with Gasteiger partial charge in [0.2, 0.25) is 0 Å². The number of rotatable bonds is 8. The zero-order chi connectivity index (χ0) is 26.8. The first-order chi connectivity index (χ1) is 17.8. The summed E-state index contributed by atoms with van der Waals surface area (Å²) in [5, 5.41) is 40.5. The Morgan fingerprint density at radius 3 is 2.11 bits per heavy atom. The Balaban J connectivity index is 0.000000325. The van der Waals surface area contributed by atoms with Gasteiger partial charge in [0, 0.05) is 6.54 Å². The number of hydrogen-bond donors (Lipinski definition) is 6. The van der Waals surface area contributed by atoms with E-state index in [4.69, 9.17) is 32.0 Å². The second-order valence-electron chi connectivity index (χ2n) is 9.75. The molecule has 1 heterocycles. The Morgan fingerprint density at radius 2 is 1.49 bits per heavy atom. The summed E-state index contributed by atoms with van der Waals surface area (Å²) >= 11 is 6.53. The van der Waals surface area contributed by atoms with Crippen molar-refractivity contribution in [2.75, 3.05) is 18.4 Å². The van der Waals surface area contributed by atoms with Crippen LogP contribution in [0.2, 0.25) is 5.02 Å². The van der Waals surface area contributed by atoms with Crippen LogP contribution in [0.5, 0.6) is 0 Å². The number of aliphatic carboxylic acids is 2. The van der Waals surface area contributed by atoms with E-state index in [1.165, 1.54) is 60.8 Å². The van der Waals surface area contributed by atoms with Gasteiger partial charge in [-0.1, -0.05) is 74.0 Å². The summed E-state index contributed by atoms with van der Waals surface area (Å²) in [6.45, 7) is 2.90. The number of carbonyl (C=O) groups is 2. The average Bonchev–Trinajstić information content (AvgIpc) is 3.15. The lowest BCUT2D eigenvalue weighted by Gasteiger charge is -2.21. The van der Waals surface area contributed by atoms with Gasteiger partial charge >= 0.3 is 11.9 Å². The summed E-state index contributed by atoms with van der Waals surface area (Å²) in [6.07, 6.45) is 5.94. The van der Waals surface area contributed by atoms with Gasteiger partial charge in [0.15, 0.2) is 12.2 Å². The molecule has 8 nitrogen and oxygen atoms in total. The van der Waals surface area contributed by atoms with Crippen molar-refractivity contribution in [2.45, 2.75) is 70.1 Å². The number of aliphatic hydroxyl groups is 2. The molecule has 0 amide bonds. The maximum absolute atomic E-state index is 9.77. The number of nitrogens with one attached hydrogen (secondary N) is 2. The molecule has 0 radical (unpaired) electrons. The van der Waals surface area contributed by atoms with Gasteiger partial charge < -0.3 is 31.1 Å². The van der Waals surface area contributed by atoms with Gasteiger partial charge in [0.05, 0.1) is 10.7 Å². The van der Waals surface area contributed by atoms with Crippen LogP contribution in [0.25, 0.3) is 0 Å². The molecule has 0 spiro atoms. The third-order valence-electron chi connectivity index (χ3n) is 7.03. The molecular weight excluding hydrogens is 496 g/mol. The number of hydrogen-bond acceptors (Lipinski definition) is 6. The Labute approximate surface area is 222 Å². The zero-order valence-electron chi connectivity index (χ0n) is 21.0. The molecule has 1 aliphatic carbocycles. The minimum Gasteiger partial charge on any atom is -0.479 e. The van der Waals surface area contributed by atoms with Crippen molar-refractivity contribution in [1.82, 2.24) is 5.32 Å². The first-order valence-corrected chi connectivity index (χ1v) is 13.3. The molecular formula is C28H37ClN2O6. The second kappa shape index (κ2) is 14.3. The molecule has 202 valence electrons. The minimum atomic E-state index is -2.27. The molecule has 6 N–H and O–H groups in total. The fraction of sp³-hybridized carbons (Fsp3) is 0.500. The Hall–Kier alpha value is -2.65.